The minimum absolute atomic E-state index is 0.195. The van der Waals surface area contributed by atoms with Gasteiger partial charge in [-0.2, -0.15) is 0 Å². The molecule has 0 saturated heterocycles. The van der Waals surface area contributed by atoms with E-state index in [1.165, 1.54) is 0 Å². The van der Waals surface area contributed by atoms with Crippen LogP contribution >= 0.6 is 0 Å². The molecular weight excluding hydrogens is 202 g/mol. The lowest BCUT2D eigenvalue weighted by molar-refractivity contribution is -0.122. The smallest absolute Gasteiger partial charge is 0.220 e. The number of hydrogen-bond donors (Lipinski definition) is 2. The molecule has 0 aromatic rings. The summed E-state index contributed by atoms with van der Waals surface area (Å²) in [6.45, 7) is 4.44. The Morgan fingerprint density at radius 1 is 1.31 bits per heavy atom. The topological polar surface area (TPSA) is 49.3 Å². The van der Waals surface area contributed by atoms with Crippen molar-refractivity contribution in [3.05, 3.63) is 0 Å². The molecule has 0 bridgehead atoms. The first kappa shape index (κ1) is 13.5. The van der Waals surface area contributed by atoms with Crippen molar-refractivity contribution < 1.29 is 9.90 Å². The highest BCUT2D eigenvalue weighted by molar-refractivity contribution is 5.76. The van der Waals surface area contributed by atoms with Crippen LogP contribution in [0.4, 0.5) is 0 Å². The summed E-state index contributed by atoms with van der Waals surface area (Å²) in [5.74, 6) is 1.30. The second-order valence-electron chi connectivity index (χ2n) is 5.40. The van der Waals surface area contributed by atoms with Gasteiger partial charge in [0.2, 0.25) is 5.91 Å². The van der Waals surface area contributed by atoms with E-state index >= 15 is 0 Å². The summed E-state index contributed by atoms with van der Waals surface area (Å²) in [7, 11) is 0. The van der Waals surface area contributed by atoms with Gasteiger partial charge in [0, 0.05) is 19.1 Å². The molecule has 3 heteroatoms. The van der Waals surface area contributed by atoms with Crippen LogP contribution in [0.1, 0.15) is 52.4 Å². The van der Waals surface area contributed by atoms with E-state index in [1.807, 2.05) is 0 Å². The number of hydrogen-bond acceptors (Lipinski definition) is 2. The zero-order chi connectivity index (χ0) is 12.0. The molecule has 1 fully saturated rings. The number of carbonyl (C=O) groups is 1. The molecule has 1 rings (SSSR count). The highest BCUT2D eigenvalue weighted by Crippen LogP contribution is 2.26. The van der Waals surface area contributed by atoms with Crippen molar-refractivity contribution >= 4 is 5.91 Å². The van der Waals surface area contributed by atoms with Crippen LogP contribution in [-0.2, 0) is 4.79 Å². The van der Waals surface area contributed by atoms with E-state index < -0.39 is 0 Å². The standard InChI is InChI=1S/C13H25NO2/c1-10(2)9-13(16)14-12-5-3-11(4-6-12)7-8-15/h10-12,15H,3-9H2,1-2H3,(H,14,16). The minimum atomic E-state index is 0.195. The van der Waals surface area contributed by atoms with Gasteiger partial charge in [-0.15, -0.1) is 0 Å². The monoisotopic (exact) mass is 227 g/mol. The molecule has 0 aromatic carbocycles. The van der Waals surface area contributed by atoms with Gasteiger partial charge in [-0.05, 0) is 43.9 Å². The van der Waals surface area contributed by atoms with E-state index in [9.17, 15) is 4.79 Å². The Bertz CT molecular complexity index is 208. The molecule has 1 aliphatic carbocycles. The number of amides is 1. The lowest BCUT2D eigenvalue weighted by Gasteiger charge is -2.28. The second-order valence-corrected chi connectivity index (χ2v) is 5.40. The number of rotatable bonds is 5. The van der Waals surface area contributed by atoms with E-state index in [0.717, 1.165) is 32.1 Å². The maximum atomic E-state index is 11.6. The van der Waals surface area contributed by atoms with Crippen molar-refractivity contribution in [1.82, 2.24) is 5.32 Å². The van der Waals surface area contributed by atoms with E-state index in [0.29, 0.717) is 30.9 Å². The van der Waals surface area contributed by atoms with Crippen molar-refractivity contribution in [3.63, 3.8) is 0 Å². The number of aliphatic hydroxyl groups excluding tert-OH is 1. The molecule has 0 aromatic heterocycles. The highest BCUT2D eigenvalue weighted by Gasteiger charge is 2.21. The zero-order valence-corrected chi connectivity index (χ0v) is 10.5. The third-order valence-electron chi connectivity index (χ3n) is 3.34. The van der Waals surface area contributed by atoms with Crippen LogP contribution in [0.15, 0.2) is 0 Å². The molecule has 0 spiro atoms. The van der Waals surface area contributed by atoms with E-state index in [-0.39, 0.29) is 5.91 Å². The van der Waals surface area contributed by atoms with Crippen molar-refractivity contribution in [2.75, 3.05) is 6.61 Å². The van der Waals surface area contributed by atoms with Crippen molar-refractivity contribution in [2.45, 2.75) is 58.4 Å². The van der Waals surface area contributed by atoms with Gasteiger partial charge in [-0.1, -0.05) is 13.8 Å². The maximum absolute atomic E-state index is 11.6. The Balaban J connectivity index is 2.19. The first-order valence-electron chi connectivity index (χ1n) is 6.52. The summed E-state index contributed by atoms with van der Waals surface area (Å²) in [6, 6.07) is 0.376. The van der Waals surface area contributed by atoms with Gasteiger partial charge in [-0.3, -0.25) is 4.79 Å². The van der Waals surface area contributed by atoms with Crippen LogP contribution < -0.4 is 5.32 Å². The molecule has 1 aliphatic rings. The Morgan fingerprint density at radius 3 is 2.44 bits per heavy atom. The molecule has 0 aliphatic heterocycles. The van der Waals surface area contributed by atoms with Gasteiger partial charge in [0.15, 0.2) is 0 Å². The van der Waals surface area contributed by atoms with Crippen molar-refractivity contribution in [3.8, 4) is 0 Å². The lowest BCUT2D eigenvalue weighted by atomic mass is 9.84. The lowest BCUT2D eigenvalue weighted by Crippen LogP contribution is -2.38. The maximum Gasteiger partial charge on any atom is 0.220 e. The van der Waals surface area contributed by atoms with Crippen LogP contribution in [0.2, 0.25) is 0 Å². The summed E-state index contributed by atoms with van der Waals surface area (Å²) < 4.78 is 0. The fourth-order valence-corrected chi connectivity index (χ4v) is 2.44. The molecule has 16 heavy (non-hydrogen) atoms. The number of carbonyl (C=O) groups excluding carboxylic acids is 1. The molecule has 0 unspecified atom stereocenters. The Hall–Kier alpha value is -0.570. The Morgan fingerprint density at radius 2 is 1.94 bits per heavy atom. The molecule has 0 atom stereocenters. The van der Waals surface area contributed by atoms with Gasteiger partial charge in [-0.25, -0.2) is 0 Å². The average Bonchev–Trinajstić information content (AvgIpc) is 2.20. The van der Waals surface area contributed by atoms with Gasteiger partial charge in [0.1, 0.15) is 0 Å². The van der Waals surface area contributed by atoms with E-state index in [2.05, 4.69) is 19.2 Å². The quantitative estimate of drug-likeness (QED) is 0.755. The van der Waals surface area contributed by atoms with Crippen LogP contribution in [0.5, 0.6) is 0 Å². The summed E-state index contributed by atoms with van der Waals surface area (Å²) in [6.07, 6.45) is 6.01. The molecule has 2 N–H and O–H groups in total. The molecule has 0 radical (unpaired) electrons. The summed E-state index contributed by atoms with van der Waals surface area (Å²) in [5, 5.41) is 12.0. The Labute approximate surface area is 98.6 Å². The van der Waals surface area contributed by atoms with Crippen LogP contribution in [0.3, 0.4) is 0 Å². The third-order valence-corrected chi connectivity index (χ3v) is 3.34. The normalized spacial score (nSPS) is 25.8. The third kappa shape index (κ3) is 4.97. The first-order valence-corrected chi connectivity index (χ1v) is 6.52. The summed E-state index contributed by atoms with van der Waals surface area (Å²) >= 11 is 0. The molecular formula is C13H25NO2. The van der Waals surface area contributed by atoms with Gasteiger partial charge in [0.05, 0.1) is 0 Å². The molecule has 94 valence electrons. The van der Waals surface area contributed by atoms with Crippen molar-refractivity contribution in [2.24, 2.45) is 11.8 Å². The van der Waals surface area contributed by atoms with Gasteiger partial charge in [0.25, 0.3) is 0 Å². The summed E-state index contributed by atoms with van der Waals surface area (Å²) in [5.41, 5.74) is 0. The Kier molecular flexibility index (Phi) is 5.81. The minimum Gasteiger partial charge on any atom is -0.396 e. The van der Waals surface area contributed by atoms with Crippen LogP contribution in [-0.4, -0.2) is 23.7 Å². The predicted molar refractivity (Wildman–Crippen MR) is 65.0 cm³/mol. The van der Waals surface area contributed by atoms with E-state index in [4.69, 9.17) is 5.11 Å². The average molecular weight is 227 g/mol. The predicted octanol–water partition coefficient (Wildman–Crippen LogP) is 2.09. The largest absolute Gasteiger partial charge is 0.396 e. The van der Waals surface area contributed by atoms with Gasteiger partial charge < -0.3 is 10.4 Å². The second kappa shape index (κ2) is 6.89. The molecule has 0 heterocycles. The number of aliphatic hydroxyl groups is 1. The SMILES string of the molecule is CC(C)CC(=O)NC1CCC(CCO)CC1. The first-order chi connectivity index (χ1) is 7.61. The number of nitrogens with one attached hydrogen (secondary N) is 1. The zero-order valence-electron chi connectivity index (χ0n) is 10.5. The summed E-state index contributed by atoms with van der Waals surface area (Å²) in [4.78, 5) is 11.6. The molecule has 3 nitrogen and oxygen atoms in total. The van der Waals surface area contributed by atoms with Crippen LogP contribution in [0, 0.1) is 11.8 Å². The fourth-order valence-electron chi connectivity index (χ4n) is 2.44. The van der Waals surface area contributed by atoms with E-state index in [1.54, 1.807) is 0 Å². The van der Waals surface area contributed by atoms with Crippen LogP contribution in [0.25, 0.3) is 0 Å². The molecule has 1 amide bonds. The highest BCUT2D eigenvalue weighted by atomic mass is 16.3. The van der Waals surface area contributed by atoms with Crippen molar-refractivity contribution in [1.29, 1.82) is 0 Å². The van der Waals surface area contributed by atoms with Gasteiger partial charge >= 0.3 is 0 Å². The molecule has 1 saturated carbocycles. The fraction of sp³-hybridized carbons (Fsp3) is 0.923.